The number of hydrogen-bond acceptors (Lipinski definition) is 3. The molecule has 20 heavy (non-hydrogen) atoms. The van der Waals surface area contributed by atoms with E-state index in [2.05, 4.69) is 51.2 Å². The van der Waals surface area contributed by atoms with Crippen molar-refractivity contribution < 1.29 is 0 Å². The number of nitrogens with zero attached hydrogens (tertiary/aromatic N) is 3. The van der Waals surface area contributed by atoms with Crippen molar-refractivity contribution in [2.24, 2.45) is 0 Å². The standard InChI is InChI=1S/C16H16N4/c1-20(14-7-6-11-4-2-3-5-12(11)14)16-13-8-9-17-15(13)18-10-19-16/h2-5,8-10,14H,6-7H2,1H3,(H,17,18,19)/t14-/m0/s1. The second-order valence-electron chi connectivity index (χ2n) is 5.30. The number of aromatic nitrogens is 3. The molecule has 1 N–H and O–H groups in total. The molecule has 1 aliphatic carbocycles. The topological polar surface area (TPSA) is 44.8 Å². The SMILES string of the molecule is CN(c1ncnc2[nH]ccc12)[C@H]1CCc2ccccc21. The summed E-state index contributed by atoms with van der Waals surface area (Å²) in [5.41, 5.74) is 3.79. The molecule has 0 aliphatic heterocycles. The van der Waals surface area contributed by atoms with Crippen molar-refractivity contribution in [3.8, 4) is 0 Å². The molecule has 2 heterocycles. The van der Waals surface area contributed by atoms with Gasteiger partial charge in [-0.2, -0.15) is 0 Å². The Morgan fingerprint density at radius 2 is 2.10 bits per heavy atom. The lowest BCUT2D eigenvalue weighted by Crippen LogP contribution is -2.23. The third-order valence-electron chi connectivity index (χ3n) is 4.24. The maximum atomic E-state index is 4.49. The number of hydrogen-bond donors (Lipinski definition) is 1. The van der Waals surface area contributed by atoms with Crippen molar-refractivity contribution in [2.45, 2.75) is 18.9 Å². The van der Waals surface area contributed by atoms with Gasteiger partial charge >= 0.3 is 0 Å². The lowest BCUT2D eigenvalue weighted by Gasteiger charge is -2.26. The third kappa shape index (κ3) is 1.61. The van der Waals surface area contributed by atoms with Gasteiger partial charge in [-0.15, -0.1) is 0 Å². The first-order valence-electron chi connectivity index (χ1n) is 6.93. The zero-order chi connectivity index (χ0) is 13.5. The monoisotopic (exact) mass is 264 g/mol. The van der Waals surface area contributed by atoms with E-state index in [0.29, 0.717) is 6.04 Å². The Balaban J connectivity index is 1.78. The van der Waals surface area contributed by atoms with E-state index in [4.69, 9.17) is 0 Å². The van der Waals surface area contributed by atoms with Gasteiger partial charge in [-0.3, -0.25) is 0 Å². The van der Waals surface area contributed by atoms with Crippen LogP contribution in [0.4, 0.5) is 5.82 Å². The maximum absolute atomic E-state index is 4.49. The molecule has 0 saturated carbocycles. The molecule has 4 heteroatoms. The Morgan fingerprint density at radius 1 is 1.20 bits per heavy atom. The van der Waals surface area contributed by atoms with Crippen molar-refractivity contribution in [2.75, 3.05) is 11.9 Å². The van der Waals surface area contributed by atoms with Crippen LogP contribution in [0.1, 0.15) is 23.6 Å². The van der Waals surface area contributed by atoms with Gasteiger partial charge in [0.1, 0.15) is 17.8 Å². The predicted octanol–water partition coefficient (Wildman–Crippen LogP) is 3.08. The molecular weight excluding hydrogens is 248 g/mol. The molecule has 1 aromatic carbocycles. The van der Waals surface area contributed by atoms with Crippen LogP contribution in [0.25, 0.3) is 11.0 Å². The number of H-pyrrole nitrogens is 1. The van der Waals surface area contributed by atoms with Crippen LogP contribution in [0.15, 0.2) is 42.9 Å². The molecule has 0 fully saturated rings. The van der Waals surface area contributed by atoms with Crippen LogP contribution in [-0.4, -0.2) is 22.0 Å². The minimum Gasteiger partial charge on any atom is -0.352 e. The first-order valence-corrected chi connectivity index (χ1v) is 6.93. The Morgan fingerprint density at radius 3 is 3.05 bits per heavy atom. The molecule has 1 aliphatic rings. The van der Waals surface area contributed by atoms with E-state index in [9.17, 15) is 0 Å². The fourth-order valence-electron chi connectivity index (χ4n) is 3.22. The van der Waals surface area contributed by atoms with Crippen LogP contribution in [-0.2, 0) is 6.42 Å². The van der Waals surface area contributed by atoms with Gasteiger partial charge in [-0.25, -0.2) is 9.97 Å². The molecule has 0 saturated heterocycles. The first kappa shape index (κ1) is 11.5. The van der Waals surface area contributed by atoms with E-state index in [1.807, 2.05) is 12.3 Å². The van der Waals surface area contributed by atoms with Gasteiger partial charge < -0.3 is 9.88 Å². The van der Waals surface area contributed by atoms with Crippen LogP contribution in [0, 0.1) is 0 Å². The largest absolute Gasteiger partial charge is 0.352 e. The lowest BCUT2D eigenvalue weighted by molar-refractivity contribution is 0.657. The summed E-state index contributed by atoms with van der Waals surface area (Å²) in [6.45, 7) is 0. The number of benzene rings is 1. The minimum atomic E-state index is 0.402. The molecule has 1 atom stereocenters. The van der Waals surface area contributed by atoms with E-state index in [-0.39, 0.29) is 0 Å². The second kappa shape index (κ2) is 4.34. The number of anilines is 1. The molecule has 2 aromatic heterocycles. The smallest absolute Gasteiger partial charge is 0.142 e. The van der Waals surface area contributed by atoms with Gasteiger partial charge in [0.2, 0.25) is 0 Å². The van der Waals surface area contributed by atoms with Crippen LogP contribution < -0.4 is 4.90 Å². The number of rotatable bonds is 2. The maximum Gasteiger partial charge on any atom is 0.142 e. The van der Waals surface area contributed by atoms with E-state index < -0.39 is 0 Å². The molecule has 4 rings (SSSR count). The highest BCUT2D eigenvalue weighted by molar-refractivity contribution is 5.87. The lowest BCUT2D eigenvalue weighted by atomic mass is 10.1. The summed E-state index contributed by atoms with van der Waals surface area (Å²) >= 11 is 0. The molecular formula is C16H16N4. The van der Waals surface area contributed by atoms with E-state index in [1.165, 1.54) is 11.1 Å². The summed E-state index contributed by atoms with van der Waals surface area (Å²) in [5, 5.41) is 1.08. The number of aromatic amines is 1. The summed E-state index contributed by atoms with van der Waals surface area (Å²) in [5.74, 6) is 0.998. The summed E-state index contributed by atoms with van der Waals surface area (Å²) in [6, 6.07) is 11.2. The summed E-state index contributed by atoms with van der Waals surface area (Å²) < 4.78 is 0. The van der Waals surface area contributed by atoms with Crippen molar-refractivity contribution in [3.63, 3.8) is 0 Å². The van der Waals surface area contributed by atoms with Crippen molar-refractivity contribution in [3.05, 3.63) is 54.0 Å². The molecule has 100 valence electrons. The highest BCUT2D eigenvalue weighted by Gasteiger charge is 2.27. The molecule has 0 bridgehead atoms. The highest BCUT2D eigenvalue weighted by Crippen LogP contribution is 2.38. The van der Waals surface area contributed by atoms with Gasteiger partial charge in [-0.1, -0.05) is 24.3 Å². The fourth-order valence-corrected chi connectivity index (χ4v) is 3.22. The van der Waals surface area contributed by atoms with Crippen molar-refractivity contribution in [1.29, 1.82) is 0 Å². The summed E-state index contributed by atoms with van der Waals surface area (Å²) in [6.07, 6.45) is 5.84. The summed E-state index contributed by atoms with van der Waals surface area (Å²) in [4.78, 5) is 14.2. The zero-order valence-corrected chi connectivity index (χ0v) is 11.4. The van der Waals surface area contributed by atoms with Gasteiger partial charge in [0, 0.05) is 13.2 Å². The molecule has 3 aromatic rings. The normalized spacial score (nSPS) is 17.4. The quantitative estimate of drug-likeness (QED) is 0.773. The molecule has 0 spiro atoms. The highest BCUT2D eigenvalue weighted by atomic mass is 15.2. The Hall–Kier alpha value is -2.36. The Labute approximate surface area is 117 Å². The number of nitrogens with one attached hydrogen (secondary N) is 1. The van der Waals surface area contributed by atoms with Crippen molar-refractivity contribution >= 4 is 16.9 Å². The Bertz CT molecular complexity index is 762. The van der Waals surface area contributed by atoms with Gasteiger partial charge in [0.05, 0.1) is 11.4 Å². The van der Waals surface area contributed by atoms with Gasteiger partial charge in [0.15, 0.2) is 0 Å². The Kier molecular flexibility index (Phi) is 2.49. The number of aryl methyl sites for hydroxylation is 1. The third-order valence-corrected chi connectivity index (χ3v) is 4.24. The van der Waals surface area contributed by atoms with Gasteiger partial charge in [-0.05, 0) is 30.0 Å². The first-order chi connectivity index (χ1) is 9.84. The molecule has 4 nitrogen and oxygen atoms in total. The van der Waals surface area contributed by atoms with Crippen LogP contribution in [0.2, 0.25) is 0 Å². The van der Waals surface area contributed by atoms with Crippen molar-refractivity contribution in [1.82, 2.24) is 15.0 Å². The second-order valence-corrected chi connectivity index (χ2v) is 5.30. The van der Waals surface area contributed by atoms with Gasteiger partial charge in [0.25, 0.3) is 0 Å². The van der Waals surface area contributed by atoms with Crippen LogP contribution >= 0.6 is 0 Å². The van der Waals surface area contributed by atoms with E-state index >= 15 is 0 Å². The fraction of sp³-hybridized carbons (Fsp3) is 0.250. The molecule has 0 radical (unpaired) electrons. The minimum absolute atomic E-state index is 0.402. The summed E-state index contributed by atoms with van der Waals surface area (Å²) in [7, 11) is 2.13. The molecule has 0 unspecified atom stereocenters. The average molecular weight is 264 g/mol. The van der Waals surface area contributed by atoms with Crippen LogP contribution in [0.3, 0.4) is 0 Å². The van der Waals surface area contributed by atoms with Crippen LogP contribution in [0.5, 0.6) is 0 Å². The zero-order valence-electron chi connectivity index (χ0n) is 11.4. The van der Waals surface area contributed by atoms with E-state index in [1.54, 1.807) is 6.33 Å². The average Bonchev–Trinajstić information content (AvgIpc) is 3.12. The molecule has 0 amide bonds. The predicted molar refractivity (Wildman–Crippen MR) is 79.8 cm³/mol. The number of fused-ring (bicyclic) bond motifs is 2. The van der Waals surface area contributed by atoms with E-state index in [0.717, 1.165) is 29.7 Å².